The van der Waals surface area contributed by atoms with Crippen molar-refractivity contribution in [2.24, 2.45) is 0 Å². The lowest BCUT2D eigenvalue weighted by Gasteiger charge is -2.14. The summed E-state index contributed by atoms with van der Waals surface area (Å²) in [5.41, 5.74) is -0.812. The molecule has 16 heteroatoms. The highest BCUT2D eigenvalue weighted by molar-refractivity contribution is 5.43. The predicted octanol–water partition coefficient (Wildman–Crippen LogP) is 2.03. The van der Waals surface area contributed by atoms with Crippen LogP contribution in [0, 0.1) is 20.8 Å². The molecule has 0 amide bonds. The molecule has 5 N–H and O–H groups in total. The Balaban J connectivity index is 0.000000298. The molecule has 0 aromatic carbocycles. The largest absolute Gasteiger partial charge is 0.508 e. The number of rotatable bonds is 5. The van der Waals surface area contributed by atoms with E-state index in [4.69, 9.17) is 39.1 Å². The Labute approximate surface area is 265 Å². The van der Waals surface area contributed by atoms with Crippen LogP contribution in [0.3, 0.4) is 0 Å². The summed E-state index contributed by atoms with van der Waals surface area (Å²) in [7, 11) is 0. The first-order valence-corrected chi connectivity index (χ1v) is 12.9. The molecule has 0 radical (unpaired) electrons. The van der Waals surface area contributed by atoms with Gasteiger partial charge in [0.1, 0.15) is 29.3 Å². The van der Waals surface area contributed by atoms with Gasteiger partial charge in [-0.2, -0.15) is 0 Å². The molecule has 47 heavy (non-hydrogen) atoms. The molecule has 2 atom stereocenters. The molecular formula is C31H32O16. The van der Waals surface area contributed by atoms with Crippen molar-refractivity contribution in [2.45, 2.75) is 33.2 Å². The minimum Gasteiger partial charge on any atom is -0.508 e. The normalized spacial score (nSPS) is 13.6. The molecule has 16 nitrogen and oxygen atoms in total. The van der Waals surface area contributed by atoms with Gasteiger partial charge in [0.2, 0.25) is 12.0 Å². The Bertz CT molecular complexity index is 1800. The van der Waals surface area contributed by atoms with E-state index < -0.39 is 23.6 Å². The standard InChI is InChI=1S/C7H8O5.C7H6O4.2C6H6O3.C5H6O/c1-4-5(9)2-6(12-4)7(10)11-3-8;1-5-7(9)2-6(11-5)3-10-4-8;1-4-2-5(7)3-6(8)9-4;1-4-2-3-5(7)6(8)9-4;1-5-3-2-4-6-5/h2-3,6-7,9-10H,1H2;2-4,9H,1H2;2*2-3,7H,1H3;2-4H,1H3/t6-,7-;;;;/m0..../s1. The number of aryl methyl sites for hydroxylation is 3. The summed E-state index contributed by atoms with van der Waals surface area (Å²) in [5, 5.41) is 44.3. The third kappa shape index (κ3) is 15.2. The molecule has 4 aromatic heterocycles. The first-order valence-electron chi connectivity index (χ1n) is 12.9. The Morgan fingerprint density at radius 3 is 1.96 bits per heavy atom. The van der Waals surface area contributed by atoms with Crippen LogP contribution >= 0.6 is 0 Å². The maximum atomic E-state index is 10.4. The molecule has 1 aliphatic heterocycles. The number of aliphatic hydroxyl groups excluding tert-OH is 2. The summed E-state index contributed by atoms with van der Waals surface area (Å²) in [6.07, 6.45) is 1.65. The van der Waals surface area contributed by atoms with Crippen LogP contribution in [0.4, 0.5) is 0 Å². The van der Waals surface area contributed by atoms with E-state index in [0.717, 1.165) is 18.1 Å². The number of hydrogen-bond acceptors (Lipinski definition) is 16. The van der Waals surface area contributed by atoms with Gasteiger partial charge in [-0.15, -0.1) is 0 Å². The van der Waals surface area contributed by atoms with Crippen molar-refractivity contribution in [1.82, 2.24) is 0 Å². The van der Waals surface area contributed by atoms with Crippen LogP contribution in [0.2, 0.25) is 0 Å². The van der Waals surface area contributed by atoms with Crippen LogP contribution in [0.5, 0.6) is 17.2 Å². The minimum atomic E-state index is -1.41. The van der Waals surface area contributed by atoms with Crippen molar-refractivity contribution in [2.75, 3.05) is 0 Å². The number of furan rings is 2. The van der Waals surface area contributed by atoms with Crippen LogP contribution in [-0.4, -0.2) is 50.9 Å². The van der Waals surface area contributed by atoms with Gasteiger partial charge in [0, 0.05) is 18.2 Å². The Morgan fingerprint density at radius 2 is 1.55 bits per heavy atom. The molecule has 0 aliphatic carbocycles. The van der Waals surface area contributed by atoms with E-state index in [1.54, 1.807) is 20.1 Å². The number of carbonyl (C=O) groups is 2. The van der Waals surface area contributed by atoms with Crippen LogP contribution in [0.15, 0.2) is 100 Å². The second kappa shape index (κ2) is 19.8. The maximum Gasteiger partial charge on any atom is 0.378 e. The van der Waals surface area contributed by atoms with Gasteiger partial charge in [0.05, 0.1) is 12.3 Å². The second-order valence-electron chi connectivity index (χ2n) is 8.68. The zero-order valence-corrected chi connectivity index (χ0v) is 25.2. The predicted molar refractivity (Wildman–Crippen MR) is 161 cm³/mol. The lowest BCUT2D eigenvalue weighted by atomic mass is 10.3. The summed E-state index contributed by atoms with van der Waals surface area (Å²) in [5.74, 6) is 1.31. The van der Waals surface area contributed by atoms with Crippen molar-refractivity contribution in [1.29, 1.82) is 0 Å². The molecule has 0 unspecified atom stereocenters. The zero-order valence-electron chi connectivity index (χ0n) is 25.2. The van der Waals surface area contributed by atoms with Crippen molar-refractivity contribution < 1.29 is 67.0 Å². The van der Waals surface area contributed by atoms with Crippen LogP contribution in [0.25, 0.3) is 12.8 Å². The topological polar surface area (TPSA) is 250 Å². The Hall–Kier alpha value is -6.42. The lowest BCUT2D eigenvalue weighted by molar-refractivity contribution is -0.166. The highest BCUT2D eigenvalue weighted by atomic mass is 16.7. The van der Waals surface area contributed by atoms with Gasteiger partial charge in [0.15, 0.2) is 34.2 Å². The third-order valence-corrected chi connectivity index (χ3v) is 4.89. The van der Waals surface area contributed by atoms with Gasteiger partial charge in [-0.05, 0) is 45.0 Å². The van der Waals surface area contributed by atoms with E-state index in [9.17, 15) is 19.2 Å². The van der Waals surface area contributed by atoms with E-state index >= 15 is 0 Å². The van der Waals surface area contributed by atoms with Gasteiger partial charge in [0.25, 0.3) is 12.9 Å². The summed E-state index contributed by atoms with van der Waals surface area (Å²) in [6.45, 7) is 12.2. The molecule has 1 aliphatic rings. The summed E-state index contributed by atoms with van der Waals surface area (Å²) in [6, 6.07) is 10.3. The second-order valence-corrected chi connectivity index (χ2v) is 8.68. The molecule has 0 fully saturated rings. The third-order valence-electron chi connectivity index (χ3n) is 4.89. The van der Waals surface area contributed by atoms with Gasteiger partial charge in [-0.3, -0.25) is 9.59 Å². The van der Waals surface area contributed by atoms with Gasteiger partial charge >= 0.3 is 11.3 Å². The summed E-state index contributed by atoms with van der Waals surface area (Å²) >= 11 is 0. The maximum absolute atomic E-state index is 10.4. The molecule has 5 heterocycles. The highest BCUT2D eigenvalue weighted by Gasteiger charge is 2.28. The SMILES string of the molecule is C=C1O[C@H]([C@@H](O)OC=O)C=C1O.C=c1oc(=COC=O)cc1O.Cc1cc(O)cc(=O)o1.Cc1ccc(O)c(=O)o1.Cc1ccco1. The van der Waals surface area contributed by atoms with Crippen molar-refractivity contribution in [3.63, 3.8) is 0 Å². The van der Waals surface area contributed by atoms with E-state index in [0.29, 0.717) is 11.5 Å². The zero-order chi connectivity index (χ0) is 35.5. The number of aromatic hydroxyl groups is 3. The van der Waals surface area contributed by atoms with Crippen LogP contribution in [0.1, 0.15) is 17.3 Å². The Kier molecular flexibility index (Phi) is 16.2. The first-order chi connectivity index (χ1) is 22.2. The monoisotopic (exact) mass is 660 g/mol. The fourth-order valence-electron chi connectivity index (χ4n) is 2.82. The Morgan fingerprint density at radius 1 is 0.851 bits per heavy atom. The lowest BCUT2D eigenvalue weighted by Crippen LogP contribution is -2.26. The first kappa shape index (κ1) is 38.6. The van der Waals surface area contributed by atoms with Crippen molar-refractivity contribution in [3.8, 4) is 17.2 Å². The number of aliphatic hydroxyl groups is 2. The fraction of sp³-hybridized carbons (Fsp3) is 0.161. The molecule has 0 bridgehead atoms. The van der Waals surface area contributed by atoms with Crippen molar-refractivity contribution in [3.05, 3.63) is 122 Å². The minimum absolute atomic E-state index is 0.0496. The van der Waals surface area contributed by atoms with Gasteiger partial charge < -0.3 is 57.4 Å². The van der Waals surface area contributed by atoms with Gasteiger partial charge in [-0.1, -0.05) is 13.2 Å². The molecule has 0 saturated carbocycles. The molecule has 0 spiro atoms. The average molecular weight is 661 g/mol. The molecule has 4 aromatic rings. The molecular weight excluding hydrogens is 628 g/mol. The molecule has 5 rings (SSSR count). The molecule has 252 valence electrons. The van der Waals surface area contributed by atoms with E-state index in [1.807, 2.05) is 19.1 Å². The average Bonchev–Trinajstić information content (AvgIpc) is 3.70. The highest BCUT2D eigenvalue weighted by Crippen LogP contribution is 2.21. The van der Waals surface area contributed by atoms with E-state index in [1.165, 1.54) is 30.3 Å². The van der Waals surface area contributed by atoms with E-state index in [-0.39, 0.29) is 52.5 Å². The van der Waals surface area contributed by atoms with Crippen LogP contribution in [-0.2, 0) is 23.8 Å². The molecule has 0 saturated heterocycles. The quantitative estimate of drug-likeness (QED) is 0.152. The van der Waals surface area contributed by atoms with Gasteiger partial charge in [-0.25, -0.2) is 9.59 Å². The van der Waals surface area contributed by atoms with Crippen LogP contribution < -0.4 is 22.1 Å². The fourth-order valence-corrected chi connectivity index (χ4v) is 2.82. The number of ether oxygens (including phenoxy) is 3. The summed E-state index contributed by atoms with van der Waals surface area (Å²) < 4.78 is 31.9. The van der Waals surface area contributed by atoms with E-state index in [2.05, 4.69) is 31.5 Å². The van der Waals surface area contributed by atoms with Crippen molar-refractivity contribution >= 4 is 25.8 Å². The summed E-state index contributed by atoms with van der Waals surface area (Å²) in [4.78, 5) is 40.3. The smallest absolute Gasteiger partial charge is 0.378 e. The number of carbonyl (C=O) groups excluding carboxylic acids is 2. The number of hydrogen-bond donors (Lipinski definition) is 5.